The number of hydrogen-bond acceptors (Lipinski definition) is 4. The van der Waals surface area contributed by atoms with Gasteiger partial charge in [-0.2, -0.15) is 5.06 Å². The number of rotatable bonds is 1. The van der Waals surface area contributed by atoms with Crippen molar-refractivity contribution in [2.75, 3.05) is 13.1 Å². The lowest BCUT2D eigenvalue weighted by Gasteiger charge is -2.52. The van der Waals surface area contributed by atoms with Crippen molar-refractivity contribution < 1.29 is 10.0 Å². The van der Waals surface area contributed by atoms with Crippen LogP contribution >= 0.6 is 0 Å². The van der Waals surface area contributed by atoms with Gasteiger partial charge in [0, 0.05) is 20.0 Å². The zero-order valence-corrected chi connectivity index (χ0v) is 10.2. The van der Waals surface area contributed by atoms with Crippen LogP contribution in [0.5, 0.6) is 0 Å². The summed E-state index contributed by atoms with van der Waals surface area (Å²) in [5.41, 5.74) is 2.03. The summed E-state index contributed by atoms with van der Waals surface area (Å²) in [4.78, 5) is 11.0. The van der Waals surface area contributed by atoms with Gasteiger partial charge in [0.1, 0.15) is 0 Å². The first kappa shape index (κ1) is 12.4. The maximum absolute atomic E-state index is 11.0. The van der Waals surface area contributed by atoms with E-state index in [9.17, 15) is 10.0 Å². The SMILES string of the molecule is CC(=O)NN1CC(C)(C)N(O)C(C)(C)C1. The number of amides is 1. The van der Waals surface area contributed by atoms with Crippen LogP contribution < -0.4 is 5.43 Å². The van der Waals surface area contributed by atoms with Crippen LogP contribution in [-0.2, 0) is 4.79 Å². The highest BCUT2D eigenvalue weighted by atomic mass is 16.5. The first-order valence-electron chi connectivity index (χ1n) is 5.16. The van der Waals surface area contributed by atoms with Gasteiger partial charge in [0.15, 0.2) is 0 Å². The van der Waals surface area contributed by atoms with Gasteiger partial charge in [-0.15, -0.1) is 0 Å². The molecular formula is C10H21N3O2. The molecule has 0 bridgehead atoms. The van der Waals surface area contributed by atoms with E-state index in [0.717, 1.165) is 0 Å². The lowest BCUT2D eigenvalue weighted by molar-refractivity contribution is -0.258. The van der Waals surface area contributed by atoms with E-state index >= 15 is 0 Å². The molecule has 5 nitrogen and oxygen atoms in total. The third kappa shape index (κ3) is 2.68. The highest BCUT2D eigenvalue weighted by molar-refractivity contribution is 5.72. The van der Waals surface area contributed by atoms with E-state index in [-0.39, 0.29) is 17.0 Å². The average molecular weight is 215 g/mol. The van der Waals surface area contributed by atoms with Crippen molar-refractivity contribution in [1.29, 1.82) is 0 Å². The van der Waals surface area contributed by atoms with Gasteiger partial charge in [-0.1, -0.05) is 0 Å². The summed E-state index contributed by atoms with van der Waals surface area (Å²) in [5.74, 6) is -0.0759. The smallest absolute Gasteiger partial charge is 0.231 e. The molecule has 0 aromatic carbocycles. The standard InChI is InChI=1S/C10H21N3O2/c1-8(14)11-12-6-9(2,3)13(15)10(4,5)7-12/h15H,6-7H2,1-5H3,(H,11,14). The fourth-order valence-electron chi connectivity index (χ4n) is 2.25. The number of hydroxylamine groups is 2. The second-order valence-corrected chi connectivity index (χ2v) is 5.46. The van der Waals surface area contributed by atoms with Crippen LogP contribution in [0.25, 0.3) is 0 Å². The van der Waals surface area contributed by atoms with Crippen LogP contribution in [0.1, 0.15) is 34.6 Å². The van der Waals surface area contributed by atoms with Crippen molar-refractivity contribution in [2.24, 2.45) is 0 Å². The molecule has 0 aromatic rings. The summed E-state index contributed by atoms with van der Waals surface area (Å²) in [7, 11) is 0. The Labute approximate surface area is 91.0 Å². The summed E-state index contributed by atoms with van der Waals surface area (Å²) in [6.45, 7) is 10.5. The molecule has 0 radical (unpaired) electrons. The van der Waals surface area contributed by atoms with Crippen LogP contribution in [0.15, 0.2) is 0 Å². The average Bonchev–Trinajstić information content (AvgIpc) is 1.97. The molecule has 0 aliphatic carbocycles. The van der Waals surface area contributed by atoms with Gasteiger partial charge in [-0.25, -0.2) is 5.01 Å². The van der Waals surface area contributed by atoms with Gasteiger partial charge >= 0.3 is 0 Å². The molecule has 1 amide bonds. The van der Waals surface area contributed by atoms with Crippen LogP contribution in [0.3, 0.4) is 0 Å². The molecule has 5 heteroatoms. The van der Waals surface area contributed by atoms with Crippen molar-refractivity contribution in [3.8, 4) is 0 Å². The van der Waals surface area contributed by atoms with Crippen molar-refractivity contribution in [3.63, 3.8) is 0 Å². The highest BCUT2D eigenvalue weighted by Gasteiger charge is 2.44. The molecule has 0 unspecified atom stereocenters. The second-order valence-electron chi connectivity index (χ2n) is 5.46. The molecule has 0 aromatic heterocycles. The van der Waals surface area contributed by atoms with E-state index < -0.39 is 0 Å². The molecule has 88 valence electrons. The zero-order chi connectivity index (χ0) is 11.9. The summed E-state index contributed by atoms with van der Waals surface area (Å²) in [6.07, 6.45) is 0. The number of piperazine rings is 1. The van der Waals surface area contributed by atoms with E-state index in [4.69, 9.17) is 0 Å². The van der Waals surface area contributed by atoms with Crippen molar-refractivity contribution in [1.82, 2.24) is 15.5 Å². The quantitative estimate of drug-likeness (QED) is 0.672. The fraction of sp³-hybridized carbons (Fsp3) is 0.900. The largest absolute Gasteiger partial charge is 0.313 e. The molecule has 1 rings (SSSR count). The molecule has 15 heavy (non-hydrogen) atoms. The Kier molecular flexibility index (Phi) is 3.09. The first-order chi connectivity index (χ1) is 6.65. The summed E-state index contributed by atoms with van der Waals surface area (Å²) in [5, 5.41) is 13.2. The topological polar surface area (TPSA) is 55.8 Å². The Morgan fingerprint density at radius 2 is 1.60 bits per heavy atom. The van der Waals surface area contributed by atoms with E-state index in [1.54, 1.807) is 0 Å². The molecule has 2 N–H and O–H groups in total. The van der Waals surface area contributed by atoms with Crippen LogP contribution in [0, 0.1) is 0 Å². The predicted octanol–water partition coefficient (Wildman–Crippen LogP) is 0.601. The molecule has 1 saturated heterocycles. The lowest BCUT2D eigenvalue weighted by Crippen LogP contribution is -2.69. The maximum Gasteiger partial charge on any atom is 0.231 e. The Bertz CT molecular complexity index is 245. The lowest BCUT2D eigenvalue weighted by atomic mass is 9.91. The summed E-state index contributed by atoms with van der Waals surface area (Å²) >= 11 is 0. The van der Waals surface area contributed by atoms with Crippen LogP contribution in [0.2, 0.25) is 0 Å². The third-order valence-electron chi connectivity index (χ3n) is 2.62. The first-order valence-corrected chi connectivity index (χ1v) is 5.16. The van der Waals surface area contributed by atoms with Crippen molar-refractivity contribution >= 4 is 5.91 Å². The van der Waals surface area contributed by atoms with Gasteiger partial charge in [0.2, 0.25) is 5.91 Å². The van der Waals surface area contributed by atoms with Gasteiger partial charge < -0.3 is 5.21 Å². The molecular weight excluding hydrogens is 194 g/mol. The number of nitrogens with one attached hydrogen (secondary N) is 1. The molecule has 1 heterocycles. The van der Waals surface area contributed by atoms with Gasteiger partial charge in [-0.05, 0) is 27.7 Å². The molecule has 0 atom stereocenters. The van der Waals surface area contributed by atoms with Crippen molar-refractivity contribution in [3.05, 3.63) is 0 Å². The minimum absolute atomic E-state index is 0.0759. The second kappa shape index (κ2) is 3.73. The minimum atomic E-state index is -0.371. The summed E-state index contributed by atoms with van der Waals surface area (Å²) < 4.78 is 0. The van der Waals surface area contributed by atoms with E-state index in [1.165, 1.54) is 12.0 Å². The van der Waals surface area contributed by atoms with Crippen LogP contribution in [0.4, 0.5) is 0 Å². The van der Waals surface area contributed by atoms with E-state index in [1.807, 2.05) is 32.7 Å². The Balaban J connectivity index is 2.79. The van der Waals surface area contributed by atoms with Crippen molar-refractivity contribution in [2.45, 2.75) is 45.7 Å². The van der Waals surface area contributed by atoms with Gasteiger partial charge in [0.25, 0.3) is 0 Å². The van der Waals surface area contributed by atoms with Gasteiger partial charge in [-0.3, -0.25) is 10.2 Å². The van der Waals surface area contributed by atoms with Crippen LogP contribution in [-0.4, -0.2) is 45.4 Å². The normalized spacial score (nSPS) is 26.3. The minimum Gasteiger partial charge on any atom is -0.313 e. The maximum atomic E-state index is 11.0. The van der Waals surface area contributed by atoms with E-state index in [0.29, 0.717) is 13.1 Å². The molecule has 0 spiro atoms. The Hall–Kier alpha value is -0.650. The summed E-state index contributed by atoms with van der Waals surface area (Å²) in [6, 6.07) is 0. The molecule has 1 aliphatic rings. The molecule has 1 fully saturated rings. The number of carbonyl (C=O) groups is 1. The number of carbonyl (C=O) groups excluding carboxylic acids is 1. The third-order valence-corrected chi connectivity index (χ3v) is 2.62. The van der Waals surface area contributed by atoms with Gasteiger partial charge in [0.05, 0.1) is 11.1 Å². The number of nitrogens with zero attached hydrogens (tertiary/aromatic N) is 2. The fourth-order valence-corrected chi connectivity index (χ4v) is 2.25. The predicted molar refractivity (Wildman–Crippen MR) is 57.2 cm³/mol. The van der Waals surface area contributed by atoms with E-state index in [2.05, 4.69) is 5.43 Å². The number of hydrazine groups is 1. The number of hydrogen-bond donors (Lipinski definition) is 2. The monoisotopic (exact) mass is 215 g/mol. The Morgan fingerprint density at radius 3 is 1.93 bits per heavy atom. The zero-order valence-electron chi connectivity index (χ0n) is 10.2. The highest BCUT2D eigenvalue weighted by Crippen LogP contribution is 2.28. The Morgan fingerprint density at radius 1 is 1.20 bits per heavy atom. The molecule has 0 saturated carbocycles. The molecule has 1 aliphatic heterocycles.